The minimum absolute atomic E-state index is 0.269. The number of amides is 1. The number of aliphatic carboxylic acids is 1. The maximum Gasteiger partial charge on any atom is 0.329 e. The molecular formula is C14H16N2O4. The van der Waals surface area contributed by atoms with Gasteiger partial charge < -0.3 is 15.2 Å². The molecule has 1 aromatic carbocycles. The minimum atomic E-state index is -1.30. The molecule has 0 saturated carbocycles. The highest BCUT2D eigenvalue weighted by Gasteiger charge is 2.32. The van der Waals surface area contributed by atoms with Crippen LogP contribution >= 0.6 is 0 Å². The van der Waals surface area contributed by atoms with E-state index >= 15 is 0 Å². The molecule has 1 aromatic rings. The van der Waals surface area contributed by atoms with Gasteiger partial charge in [-0.2, -0.15) is 5.26 Å². The summed E-state index contributed by atoms with van der Waals surface area (Å²) in [5.41, 5.74) is -0.809. The van der Waals surface area contributed by atoms with E-state index < -0.39 is 17.4 Å². The van der Waals surface area contributed by atoms with Crippen LogP contribution in [-0.4, -0.2) is 29.1 Å². The summed E-state index contributed by atoms with van der Waals surface area (Å²) >= 11 is 0. The van der Waals surface area contributed by atoms with Crippen LogP contribution in [0, 0.1) is 11.3 Å². The third-order valence-electron chi connectivity index (χ3n) is 2.95. The first kappa shape index (κ1) is 15.5. The number of carboxylic acid groups (broad SMARTS) is 1. The fraction of sp³-hybridized carbons (Fsp3) is 0.357. The van der Waals surface area contributed by atoms with Crippen molar-refractivity contribution in [3.05, 3.63) is 29.8 Å². The molecule has 0 radical (unpaired) electrons. The van der Waals surface area contributed by atoms with Crippen LogP contribution in [0.15, 0.2) is 24.3 Å². The Morgan fingerprint density at radius 3 is 2.45 bits per heavy atom. The summed E-state index contributed by atoms with van der Waals surface area (Å²) in [6, 6.07) is 8.25. The highest BCUT2D eigenvalue weighted by molar-refractivity contribution is 5.87. The minimum Gasteiger partial charge on any atom is -0.484 e. The zero-order valence-electron chi connectivity index (χ0n) is 11.3. The first-order valence-electron chi connectivity index (χ1n) is 6.08. The van der Waals surface area contributed by atoms with Gasteiger partial charge in [0.2, 0.25) is 0 Å². The van der Waals surface area contributed by atoms with Gasteiger partial charge in [0.05, 0.1) is 11.6 Å². The fourth-order valence-electron chi connectivity index (χ4n) is 1.41. The Labute approximate surface area is 117 Å². The van der Waals surface area contributed by atoms with Crippen LogP contribution in [0.3, 0.4) is 0 Å². The fourth-order valence-corrected chi connectivity index (χ4v) is 1.41. The number of benzene rings is 1. The first-order valence-corrected chi connectivity index (χ1v) is 6.08. The molecule has 6 nitrogen and oxygen atoms in total. The number of carbonyl (C=O) groups excluding carboxylic acids is 1. The summed E-state index contributed by atoms with van der Waals surface area (Å²) in [6.07, 6.45) is 0.269. The van der Waals surface area contributed by atoms with Gasteiger partial charge in [-0.15, -0.1) is 0 Å². The second kappa shape index (κ2) is 6.57. The van der Waals surface area contributed by atoms with E-state index in [0.717, 1.165) is 0 Å². The molecule has 0 aliphatic rings. The lowest BCUT2D eigenvalue weighted by Crippen LogP contribution is -2.53. The summed E-state index contributed by atoms with van der Waals surface area (Å²) < 4.78 is 5.22. The van der Waals surface area contributed by atoms with E-state index in [1.807, 2.05) is 6.07 Å². The van der Waals surface area contributed by atoms with E-state index in [0.29, 0.717) is 11.3 Å². The monoisotopic (exact) mass is 276 g/mol. The van der Waals surface area contributed by atoms with Crippen LogP contribution < -0.4 is 10.1 Å². The number of carbonyl (C=O) groups is 2. The third-order valence-corrected chi connectivity index (χ3v) is 2.95. The second-order valence-corrected chi connectivity index (χ2v) is 4.46. The number of nitriles is 1. The Morgan fingerprint density at radius 2 is 2.00 bits per heavy atom. The Kier molecular flexibility index (Phi) is 5.09. The lowest BCUT2D eigenvalue weighted by molar-refractivity contribution is -0.147. The van der Waals surface area contributed by atoms with Crippen molar-refractivity contribution in [2.45, 2.75) is 25.8 Å². The first-order chi connectivity index (χ1) is 9.41. The average Bonchev–Trinajstić information content (AvgIpc) is 2.45. The Bertz CT molecular complexity index is 533. The van der Waals surface area contributed by atoms with E-state index in [2.05, 4.69) is 5.32 Å². The number of hydrogen-bond acceptors (Lipinski definition) is 4. The smallest absolute Gasteiger partial charge is 0.329 e. The van der Waals surface area contributed by atoms with E-state index in [9.17, 15) is 9.59 Å². The zero-order valence-corrected chi connectivity index (χ0v) is 11.3. The van der Waals surface area contributed by atoms with Crippen molar-refractivity contribution in [2.75, 3.05) is 6.61 Å². The van der Waals surface area contributed by atoms with E-state index in [1.165, 1.54) is 6.92 Å². The topological polar surface area (TPSA) is 99.4 Å². The van der Waals surface area contributed by atoms with Crippen LogP contribution in [0.1, 0.15) is 25.8 Å². The zero-order chi connectivity index (χ0) is 15.2. The molecule has 0 aromatic heterocycles. The summed E-state index contributed by atoms with van der Waals surface area (Å²) in [5.74, 6) is -1.17. The summed E-state index contributed by atoms with van der Waals surface area (Å²) in [6.45, 7) is 2.83. The predicted molar refractivity (Wildman–Crippen MR) is 71.1 cm³/mol. The van der Waals surface area contributed by atoms with Gasteiger partial charge in [-0.25, -0.2) is 4.79 Å². The van der Waals surface area contributed by atoms with Gasteiger partial charge in [0, 0.05) is 0 Å². The molecule has 1 unspecified atom stereocenters. The quantitative estimate of drug-likeness (QED) is 0.816. The lowest BCUT2D eigenvalue weighted by Gasteiger charge is -2.24. The molecule has 0 aliphatic carbocycles. The SMILES string of the molecule is CCC(C)(NC(=O)COc1ccc(C#N)cc1)C(=O)O. The predicted octanol–water partition coefficient (Wildman–Crippen LogP) is 1.31. The Hall–Kier alpha value is -2.55. The van der Waals surface area contributed by atoms with E-state index in [4.69, 9.17) is 15.1 Å². The molecule has 0 aliphatic heterocycles. The number of nitrogens with zero attached hydrogens (tertiary/aromatic N) is 1. The van der Waals surface area contributed by atoms with Crippen LogP contribution in [0.2, 0.25) is 0 Å². The van der Waals surface area contributed by atoms with E-state index in [-0.39, 0.29) is 13.0 Å². The van der Waals surface area contributed by atoms with Crippen molar-refractivity contribution in [2.24, 2.45) is 0 Å². The molecule has 1 rings (SSSR count). The third kappa shape index (κ3) is 3.99. The Morgan fingerprint density at radius 1 is 1.40 bits per heavy atom. The average molecular weight is 276 g/mol. The molecule has 1 amide bonds. The van der Waals surface area contributed by atoms with Crippen molar-refractivity contribution in [1.82, 2.24) is 5.32 Å². The molecule has 0 fully saturated rings. The largest absolute Gasteiger partial charge is 0.484 e. The molecule has 6 heteroatoms. The van der Waals surface area contributed by atoms with Gasteiger partial charge in [-0.3, -0.25) is 4.79 Å². The summed E-state index contributed by atoms with van der Waals surface area (Å²) in [7, 11) is 0. The molecule has 0 saturated heterocycles. The van der Waals surface area contributed by atoms with Crippen molar-refractivity contribution >= 4 is 11.9 Å². The van der Waals surface area contributed by atoms with Crippen molar-refractivity contribution < 1.29 is 19.4 Å². The lowest BCUT2D eigenvalue weighted by atomic mass is 9.99. The van der Waals surface area contributed by atoms with Gasteiger partial charge in [-0.1, -0.05) is 6.92 Å². The van der Waals surface area contributed by atoms with Crippen molar-refractivity contribution in [1.29, 1.82) is 5.26 Å². The van der Waals surface area contributed by atoms with Gasteiger partial charge in [0.1, 0.15) is 11.3 Å². The van der Waals surface area contributed by atoms with E-state index in [1.54, 1.807) is 31.2 Å². The van der Waals surface area contributed by atoms with Gasteiger partial charge in [0.15, 0.2) is 6.61 Å². The van der Waals surface area contributed by atoms with Gasteiger partial charge >= 0.3 is 5.97 Å². The highest BCUT2D eigenvalue weighted by Crippen LogP contribution is 2.12. The molecule has 0 heterocycles. The Balaban J connectivity index is 2.55. The molecular weight excluding hydrogens is 260 g/mol. The number of nitrogens with one attached hydrogen (secondary N) is 1. The maximum absolute atomic E-state index is 11.7. The normalized spacial score (nSPS) is 12.8. The second-order valence-electron chi connectivity index (χ2n) is 4.46. The van der Waals surface area contributed by atoms with Gasteiger partial charge in [-0.05, 0) is 37.6 Å². The maximum atomic E-state index is 11.7. The number of ether oxygens (including phenoxy) is 1. The highest BCUT2D eigenvalue weighted by atomic mass is 16.5. The number of rotatable bonds is 6. The molecule has 20 heavy (non-hydrogen) atoms. The standard InChI is InChI=1S/C14H16N2O4/c1-3-14(2,13(18)19)16-12(17)9-20-11-6-4-10(8-15)5-7-11/h4-7H,3,9H2,1-2H3,(H,16,17)(H,18,19). The molecule has 106 valence electrons. The van der Waals surface area contributed by atoms with Crippen molar-refractivity contribution in [3.8, 4) is 11.8 Å². The summed E-state index contributed by atoms with van der Waals surface area (Å²) in [5, 5.41) is 20.1. The van der Waals surface area contributed by atoms with Crippen LogP contribution in [-0.2, 0) is 9.59 Å². The molecule has 0 spiro atoms. The molecule has 0 bridgehead atoms. The summed E-state index contributed by atoms with van der Waals surface area (Å²) in [4.78, 5) is 22.7. The van der Waals surface area contributed by atoms with Crippen LogP contribution in [0.4, 0.5) is 0 Å². The van der Waals surface area contributed by atoms with Crippen LogP contribution in [0.5, 0.6) is 5.75 Å². The number of carboxylic acids is 1. The van der Waals surface area contributed by atoms with Gasteiger partial charge in [0.25, 0.3) is 5.91 Å². The molecule has 1 atom stereocenters. The van der Waals surface area contributed by atoms with Crippen LogP contribution in [0.25, 0.3) is 0 Å². The van der Waals surface area contributed by atoms with Crippen molar-refractivity contribution in [3.63, 3.8) is 0 Å². The number of hydrogen-bond donors (Lipinski definition) is 2. The molecule has 2 N–H and O–H groups in total.